The van der Waals surface area contributed by atoms with Gasteiger partial charge < -0.3 is 23.5 Å². The predicted molar refractivity (Wildman–Crippen MR) is 164 cm³/mol. The predicted octanol–water partition coefficient (Wildman–Crippen LogP) is 6.21. The standard InChI is InChI=1S/C27H38ClIN2O6.H2S/c1-7-9-12-37-21-17-31(16-19(23(21)32)26(33)35-8-2)22(27(3,4)5)15-18-14-20(24(28)30-25(18)29)36-13-10-11-34-6;/h14,16-17,22H,7-13,15H2,1-6H3;1H2/t22-;/m0./s1. The lowest BCUT2D eigenvalue weighted by Gasteiger charge is -2.34. The lowest BCUT2D eigenvalue weighted by molar-refractivity contribution is 0.0522. The zero-order valence-electron chi connectivity index (χ0n) is 23.1. The van der Waals surface area contributed by atoms with Gasteiger partial charge in [0.25, 0.3) is 0 Å². The first kappa shape index (κ1) is 34.5. The molecule has 0 saturated carbocycles. The van der Waals surface area contributed by atoms with Crippen LogP contribution in [0.5, 0.6) is 11.5 Å². The molecule has 2 rings (SSSR count). The van der Waals surface area contributed by atoms with Crippen molar-refractivity contribution in [2.45, 2.75) is 66.3 Å². The number of hydrogen-bond donors (Lipinski definition) is 0. The Hall–Kier alpha value is -1.50. The maximum Gasteiger partial charge on any atom is 0.343 e. The minimum Gasteiger partial charge on any atom is -0.490 e. The van der Waals surface area contributed by atoms with Gasteiger partial charge in [-0.1, -0.05) is 45.7 Å². The van der Waals surface area contributed by atoms with Gasteiger partial charge in [-0.2, -0.15) is 13.5 Å². The van der Waals surface area contributed by atoms with E-state index in [0.29, 0.717) is 37.1 Å². The molecule has 0 spiro atoms. The zero-order valence-corrected chi connectivity index (χ0v) is 27.0. The Morgan fingerprint density at radius 1 is 1.11 bits per heavy atom. The molecule has 0 N–H and O–H groups in total. The first-order chi connectivity index (χ1) is 17.5. The van der Waals surface area contributed by atoms with Crippen LogP contribution in [0.4, 0.5) is 0 Å². The average molecular weight is 683 g/mol. The fourth-order valence-corrected chi connectivity index (χ4v) is 4.68. The molecule has 2 aromatic rings. The largest absolute Gasteiger partial charge is 0.490 e. The second kappa shape index (κ2) is 16.6. The van der Waals surface area contributed by atoms with Crippen LogP contribution in [-0.4, -0.2) is 49.1 Å². The van der Waals surface area contributed by atoms with Crippen molar-refractivity contribution in [3.8, 4) is 11.5 Å². The highest BCUT2D eigenvalue weighted by Gasteiger charge is 2.30. The van der Waals surface area contributed by atoms with Gasteiger partial charge in [0, 0.05) is 32.4 Å². The fraction of sp³-hybridized carbons (Fsp3) is 0.593. The molecule has 0 aliphatic heterocycles. The van der Waals surface area contributed by atoms with Gasteiger partial charge in [0.05, 0.1) is 26.0 Å². The summed E-state index contributed by atoms with van der Waals surface area (Å²) in [6, 6.07) is 1.75. The van der Waals surface area contributed by atoms with E-state index in [0.717, 1.165) is 28.5 Å². The summed E-state index contributed by atoms with van der Waals surface area (Å²) in [4.78, 5) is 30.2. The minimum absolute atomic E-state index is 0. The van der Waals surface area contributed by atoms with Gasteiger partial charge in [-0.3, -0.25) is 4.79 Å². The molecule has 0 aliphatic rings. The number of methoxy groups -OCH3 is 1. The molecule has 0 aromatic carbocycles. The summed E-state index contributed by atoms with van der Waals surface area (Å²) in [5.74, 6) is -0.0137. The lowest BCUT2D eigenvalue weighted by Crippen LogP contribution is -2.30. The number of pyridine rings is 2. The first-order valence-corrected chi connectivity index (χ1v) is 14.0. The number of aromatic nitrogens is 2. The molecule has 0 amide bonds. The van der Waals surface area contributed by atoms with Crippen molar-refractivity contribution in [1.29, 1.82) is 0 Å². The SMILES string of the molecule is CCCCOc1cn([C@@H](Cc2cc(OCCCOC)c(Cl)nc2I)C(C)(C)C)cc(C(=O)OCC)c1=O.S. The van der Waals surface area contributed by atoms with Crippen LogP contribution in [0.1, 0.15) is 75.8 Å². The van der Waals surface area contributed by atoms with Crippen molar-refractivity contribution in [2.24, 2.45) is 5.41 Å². The van der Waals surface area contributed by atoms with Crippen molar-refractivity contribution < 1.29 is 23.7 Å². The minimum atomic E-state index is -0.663. The molecule has 8 nitrogen and oxygen atoms in total. The van der Waals surface area contributed by atoms with Gasteiger partial charge in [0.2, 0.25) is 5.43 Å². The normalized spacial score (nSPS) is 12.0. The number of rotatable bonds is 14. The maximum atomic E-state index is 13.1. The molecule has 214 valence electrons. The molecule has 2 heterocycles. The quantitative estimate of drug-likeness (QED) is 0.101. The highest BCUT2D eigenvalue weighted by atomic mass is 127. The van der Waals surface area contributed by atoms with E-state index in [9.17, 15) is 9.59 Å². The van der Waals surface area contributed by atoms with E-state index in [1.165, 1.54) is 0 Å². The van der Waals surface area contributed by atoms with E-state index in [2.05, 4.69) is 48.3 Å². The number of ether oxygens (including phenoxy) is 4. The molecule has 11 heteroatoms. The van der Waals surface area contributed by atoms with Crippen LogP contribution in [0.2, 0.25) is 5.15 Å². The van der Waals surface area contributed by atoms with Gasteiger partial charge in [-0.15, -0.1) is 0 Å². The molecule has 0 bridgehead atoms. The van der Waals surface area contributed by atoms with Crippen LogP contribution in [0, 0.1) is 9.12 Å². The van der Waals surface area contributed by atoms with Crippen LogP contribution < -0.4 is 14.9 Å². The highest BCUT2D eigenvalue weighted by molar-refractivity contribution is 14.1. The number of carbonyl (C=O) groups is 1. The van der Waals surface area contributed by atoms with Crippen molar-refractivity contribution in [3.05, 3.63) is 48.7 Å². The Labute approximate surface area is 251 Å². The zero-order chi connectivity index (χ0) is 27.6. The number of esters is 1. The van der Waals surface area contributed by atoms with Crippen LogP contribution in [0.15, 0.2) is 23.3 Å². The third kappa shape index (κ3) is 9.91. The van der Waals surface area contributed by atoms with Crippen molar-refractivity contribution in [3.63, 3.8) is 0 Å². The molecule has 0 fully saturated rings. The van der Waals surface area contributed by atoms with Crippen LogP contribution in [0.25, 0.3) is 0 Å². The Balaban J connectivity index is 0.00000722. The van der Waals surface area contributed by atoms with Crippen LogP contribution in [0.3, 0.4) is 0 Å². The fourth-order valence-electron chi connectivity index (χ4n) is 3.72. The number of hydrogen-bond acceptors (Lipinski definition) is 7. The summed E-state index contributed by atoms with van der Waals surface area (Å²) in [5, 5.41) is 0.303. The Morgan fingerprint density at radius 2 is 1.76 bits per heavy atom. The van der Waals surface area contributed by atoms with Gasteiger partial charge in [-0.05, 0) is 59.4 Å². The third-order valence-corrected chi connectivity index (χ3v) is 6.96. The van der Waals surface area contributed by atoms with Crippen molar-refractivity contribution in [2.75, 3.05) is 33.5 Å². The molecule has 0 unspecified atom stereocenters. The molecular formula is C27H40ClIN2O6S. The highest BCUT2D eigenvalue weighted by Crippen LogP contribution is 2.37. The smallest absolute Gasteiger partial charge is 0.343 e. The van der Waals surface area contributed by atoms with Gasteiger partial charge in [0.1, 0.15) is 9.26 Å². The number of halogens is 2. The summed E-state index contributed by atoms with van der Waals surface area (Å²) in [5.41, 5.74) is 0.171. The molecular weight excluding hydrogens is 643 g/mol. The third-order valence-electron chi connectivity index (χ3n) is 5.76. The van der Waals surface area contributed by atoms with Gasteiger partial charge in [0.15, 0.2) is 16.7 Å². The molecule has 0 aliphatic carbocycles. The van der Waals surface area contributed by atoms with Crippen LogP contribution in [-0.2, 0) is 15.9 Å². The van der Waals surface area contributed by atoms with Crippen LogP contribution >= 0.6 is 47.7 Å². The van der Waals surface area contributed by atoms with E-state index in [1.54, 1.807) is 26.4 Å². The monoisotopic (exact) mass is 682 g/mol. The summed E-state index contributed by atoms with van der Waals surface area (Å²) in [6.45, 7) is 11.7. The Bertz CT molecular complexity index is 1110. The second-order valence-electron chi connectivity index (χ2n) is 9.74. The molecule has 0 saturated heterocycles. The van der Waals surface area contributed by atoms with Crippen molar-refractivity contribution >= 4 is 53.7 Å². The average Bonchev–Trinajstić information content (AvgIpc) is 2.83. The van der Waals surface area contributed by atoms with Gasteiger partial charge in [-0.25, -0.2) is 9.78 Å². The van der Waals surface area contributed by atoms with Crippen molar-refractivity contribution in [1.82, 2.24) is 9.55 Å². The molecule has 1 atom stereocenters. The second-order valence-corrected chi connectivity index (χ2v) is 11.1. The van der Waals surface area contributed by atoms with E-state index < -0.39 is 11.4 Å². The number of nitrogens with zero attached hydrogens (tertiary/aromatic N) is 2. The van der Waals surface area contributed by atoms with E-state index >= 15 is 0 Å². The molecule has 38 heavy (non-hydrogen) atoms. The summed E-state index contributed by atoms with van der Waals surface area (Å²) in [6.07, 6.45) is 6.27. The number of carbonyl (C=O) groups excluding carboxylic acids is 1. The van der Waals surface area contributed by atoms with E-state index in [-0.39, 0.29) is 42.9 Å². The summed E-state index contributed by atoms with van der Waals surface area (Å²) >= 11 is 8.53. The maximum absolute atomic E-state index is 13.1. The van der Waals surface area contributed by atoms with E-state index in [4.69, 9.17) is 30.5 Å². The summed E-state index contributed by atoms with van der Waals surface area (Å²) in [7, 11) is 1.65. The topological polar surface area (TPSA) is 88.9 Å². The lowest BCUT2D eigenvalue weighted by atomic mass is 9.83. The first-order valence-electron chi connectivity index (χ1n) is 12.6. The number of unbranched alkanes of at least 4 members (excludes halogenated alkanes) is 1. The Kier molecular flexibility index (Phi) is 15.1. The Morgan fingerprint density at radius 3 is 2.37 bits per heavy atom. The van der Waals surface area contributed by atoms with E-state index in [1.807, 2.05) is 17.6 Å². The molecule has 0 radical (unpaired) electrons. The summed E-state index contributed by atoms with van der Waals surface area (Å²) < 4.78 is 24.6. The van der Waals surface area contributed by atoms with Gasteiger partial charge >= 0.3 is 5.97 Å². The molecule has 2 aromatic heterocycles.